The molecular weight excluding hydrogens is 224 g/mol. The minimum atomic E-state index is -3.13. The van der Waals surface area contributed by atoms with Crippen molar-refractivity contribution in [2.24, 2.45) is 0 Å². The summed E-state index contributed by atoms with van der Waals surface area (Å²) in [4.78, 5) is 0. The zero-order chi connectivity index (χ0) is 12.7. The Morgan fingerprint density at radius 3 is 2.25 bits per heavy atom. The van der Waals surface area contributed by atoms with E-state index in [1.807, 2.05) is 20.8 Å². The van der Waals surface area contributed by atoms with Gasteiger partial charge in [-0.1, -0.05) is 13.8 Å². The number of nitrogens with one attached hydrogen (secondary N) is 2. The van der Waals surface area contributed by atoms with Gasteiger partial charge in [-0.05, 0) is 46.2 Å². The maximum atomic E-state index is 11.7. The fourth-order valence-electron chi connectivity index (χ4n) is 1.23. The maximum Gasteiger partial charge on any atom is 0.212 e. The molecule has 0 aromatic carbocycles. The summed E-state index contributed by atoms with van der Waals surface area (Å²) in [6.45, 7) is 9.59. The van der Waals surface area contributed by atoms with Gasteiger partial charge in [-0.3, -0.25) is 0 Å². The molecular formula is C11H26N2O2S. The van der Waals surface area contributed by atoms with Crippen molar-refractivity contribution in [1.29, 1.82) is 0 Å². The molecule has 0 aliphatic rings. The molecule has 0 fully saturated rings. The van der Waals surface area contributed by atoms with Crippen LogP contribution in [0.3, 0.4) is 0 Å². The molecule has 0 aliphatic carbocycles. The Kier molecular flexibility index (Phi) is 7.19. The number of hydrogen-bond acceptors (Lipinski definition) is 3. The predicted octanol–water partition coefficient (Wildman–Crippen LogP) is 1.48. The van der Waals surface area contributed by atoms with Crippen molar-refractivity contribution >= 4 is 10.0 Å². The van der Waals surface area contributed by atoms with Gasteiger partial charge in [0.05, 0.1) is 5.75 Å². The van der Waals surface area contributed by atoms with Crippen molar-refractivity contribution in [3.63, 3.8) is 0 Å². The van der Waals surface area contributed by atoms with Crippen LogP contribution in [-0.4, -0.2) is 32.8 Å². The van der Waals surface area contributed by atoms with Gasteiger partial charge in [0.15, 0.2) is 0 Å². The second-order valence-electron chi connectivity index (χ2n) is 4.76. The van der Waals surface area contributed by atoms with Gasteiger partial charge >= 0.3 is 0 Å². The molecule has 0 atom stereocenters. The van der Waals surface area contributed by atoms with E-state index in [4.69, 9.17) is 0 Å². The second-order valence-corrected chi connectivity index (χ2v) is 6.60. The minimum Gasteiger partial charge on any atom is -0.317 e. The quantitative estimate of drug-likeness (QED) is 0.610. The monoisotopic (exact) mass is 250 g/mol. The van der Waals surface area contributed by atoms with E-state index in [0.29, 0.717) is 6.42 Å². The molecule has 0 aliphatic heterocycles. The van der Waals surface area contributed by atoms with Crippen LogP contribution < -0.4 is 10.0 Å². The molecule has 0 aromatic rings. The lowest BCUT2D eigenvalue weighted by atomic mass is 10.0. The highest BCUT2D eigenvalue weighted by Crippen LogP contribution is 2.09. The van der Waals surface area contributed by atoms with E-state index in [0.717, 1.165) is 25.9 Å². The van der Waals surface area contributed by atoms with E-state index in [-0.39, 0.29) is 11.3 Å². The van der Waals surface area contributed by atoms with Crippen LogP contribution >= 0.6 is 0 Å². The average molecular weight is 250 g/mol. The zero-order valence-corrected chi connectivity index (χ0v) is 11.8. The Balaban J connectivity index is 3.88. The van der Waals surface area contributed by atoms with Gasteiger partial charge in [0.2, 0.25) is 10.0 Å². The molecule has 0 bridgehead atoms. The summed E-state index contributed by atoms with van der Waals surface area (Å²) >= 11 is 0. The number of hydrogen-bond donors (Lipinski definition) is 2. The van der Waals surface area contributed by atoms with Crippen molar-refractivity contribution in [2.75, 3.05) is 18.8 Å². The van der Waals surface area contributed by atoms with Crippen LogP contribution in [0.25, 0.3) is 0 Å². The molecule has 0 amide bonds. The van der Waals surface area contributed by atoms with E-state index in [2.05, 4.69) is 17.0 Å². The van der Waals surface area contributed by atoms with Gasteiger partial charge in [-0.15, -0.1) is 0 Å². The highest BCUT2D eigenvalue weighted by atomic mass is 32.2. The van der Waals surface area contributed by atoms with Crippen LogP contribution in [0.1, 0.15) is 47.0 Å². The van der Waals surface area contributed by atoms with Crippen molar-refractivity contribution in [2.45, 2.75) is 52.5 Å². The Bertz CT molecular complexity index is 274. The molecule has 0 radical (unpaired) electrons. The van der Waals surface area contributed by atoms with Gasteiger partial charge in [0.25, 0.3) is 0 Å². The van der Waals surface area contributed by atoms with Gasteiger partial charge in [-0.2, -0.15) is 0 Å². The maximum absolute atomic E-state index is 11.7. The lowest BCUT2D eigenvalue weighted by Gasteiger charge is -2.24. The first-order chi connectivity index (χ1) is 7.33. The average Bonchev–Trinajstić information content (AvgIpc) is 2.16. The van der Waals surface area contributed by atoms with Crippen molar-refractivity contribution in [3.8, 4) is 0 Å². The summed E-state index contributed by atoms with van der Waals surface area (Å²) in [6.07, 6.45) is 2.53. The Hall–Kier alpha value is -0.130. The lowest BCUT2D eigenvalue weighted by molar-refractivity contribution is 0.438. The molecule has 2 N–H and O–H groups in total. The fraction of sp³-hybridized carbons (Fsp3) is 1.00. The van der Waals surface area contributed by atoms with Crippen LogP contribution in [0.15, 0.2) is 0 Å². The molecule has 5 heteroatoms. The molecule has 0 spiro atoms. The summed E-state index contributed by atoms with van der Waals surface area (Å²) in [5, 5.41) is 3.19. The van der Waals surface area contributed by atoms with Crippen molar-refractivity contribution in [1.82, 2.24) is 10.0 Å². The molecule has 4 nitrogen and oxygen atoms in total. The van der Waals surface area contributed by atoms with E-state index in [1.165, 1.54) is 0 Å². The summed E-state index contributed by atoms with van der Waals surface area (Å²) in [7, 11) is -3.13. The molecule has 0 saturated carbocycles. The van der Waals surface area contributed by atoms with Gasteiger partial charge in [0.1, 0.15) is 0 Å². The zero-order valence-electron chi connectivity index (χ0n) is 11.0. The van der Waals surface area contributed by atoms with Crippen LogP contribution in [0.5, 0.6) is 0 Å². The Morgan fingerprint density at radius 2 is 1.75 bits per heavy atom. The minimum absolute atomic E-state index is 0.202. The van der Waals surface area contributed by atoms with Crippen LogP contribution in [0.2, 0.25) is 0 Å². The molecule has 16 heavy (non-hydrogen) atoms. The fourth-order valence-corrected chi connectivity index (χ4v) is 2.85. The van der Waals surface area contributed by atoms with Gasteiger partial charge < -0.3 is 5.32 Å². The van der Waals surface area contributed by atoms with Crippen LogP contribution in [-0.2, 0) is 10.0 Å². The second kappa shape index (κ2) is 7.25. The largest absolute Gasteiger partial charge is 0.317 e. The summed E-state index contributed by atoms with van der Waals surface area (Å²) in [6, 6.07) is 0. The smallest absolute Gasteiger partial charge is 0.212 e. The summed E-state index contributed by atoms with van der Waals surface area (Å²) in [5.41, 5.74) is -0.338. The first kappa shape index (κ1) is 15.9. The van der Waals surface area contributed by atoms with Gasteiger partial charge in [0, 0.05) is 5.54 Å². The first-order valence-corrected chi connectivity index (χ1v) is 7.70. The van der Waals surface area contributed by atoms with Crippen LogP contribution in [0.4, 0.5) is 0 Å². The lowest BCUT2D eigenvalue weighted by Crippen LogP contribution is -2.44. The Morgan fingerprint density at radius 1 is 1.12 bits per heavy atom. The van der Waals surface area contributed by atoms with Crippen molar-refractivity contribution < 1.29 is 8.42 Å². The van der Waals surface area contributed by atoms with E-state index < -0.39 is 10.0 Å². The van der Waals surface area contributed by atoms with E-state index >= 15 is 0 Å². The summed E-state index contributed by atoms with van der Waals surface area (Å²) in [5.74, 6) is 0.202. The SMILES string of the molecule is CCCNCCCS(=O)(=O)NC(C)(C)CC. The van der Waals surface area contributed by atoms with Crippen molar-refractivity contribution in [3.05, 3.63) is 0 Å². The Labute approximate surface area is 100 Å². The topological polar surface area (TPSA) is 58.2 Å². The van der Waals surface area contributed by atoms with Gasteiger partial charge in [-0.25, -0.2) is 13.1 Å². The summed E-state index contributed by atoms with van der Waals surface area (Å²) < 4.78 is 26.1. The number of sulfonamides is 1. The van der Waals surface area contributed by atoms with E-state index in [9.17, 15) is 8.42 Å². The molecule has 0 unspecified atom stereocenters. The molecule has 0 rings (SSSR count). The molecule has 0 aromatic heterocycles. The molecule has 0 saturated heterocycles. The highest BCUT2D eigenvalue weighted by molar-refractivity contribution is 7.89. The van der Waals surface area contributed by atoms with Crippen LogP contribution in [0, 0.1) is 0 Å². The number of rotatable bonds is 9. The third-order valence-electron chi connectivity index (χ3n) is 2.51. The third-order valence-corrected chi connectivity index (χ3v) is 4.20. The molecule has 0 heterocycles. The first-order valence-electron chi connectivity index (χ1n) is 6.05. The third kappa shape index (κ3) is 8.07. The highest BCUT2D eigenvalue weighted by Gasteiger charge is 2.22. The normalized spacial score (nSPS) is 13.0. The standard InChI is InChI=1S/C11H26N2O2S/c1-5-8-12-9-7-10-16(14,15)13-11(3,4)6-2/h12-13H,5-10H2,1-4H3. The van der Waals surface area contributed by atoms with E-state index in [1.54, 1.807) is 0 Å². The predicted molar refractivity (Wildman–Crippen MR) is 69.1 cm³/mol. The molecule has 98 valence electrons.